The average molecular weight is 350 g/mol. The van der Waals surface area contributed by atoms with Crippen LogP contribution in [0, 0.1) is 0 Å². The van der Waals surface area contributed by atoms with Crippen LogP contribution < -0.4 is 10.6 Å². The second kappa shape index (κ2) is 8.11. The summed E-state index contributed by atoms with van der Waals surface area (Å²) in [6.07, 6.45) is 1.17. The fraction of sp³-hybridized carbons (Fsp3) is 0.214. The maximum Gasteiger partial charge on any atom is 0.322 e. The zero-order valence-corrected chi connectivity index (χ0v) is 13.1. The first-order valence-electron chi connectivity index (χ1n) is 6.80. The fourth-order valence-electron chi connectivity index (χ4n) is 1.74. The Bertz CT molecular complexity index is 719. The van der Waals surface area contributed by atoms with Crippen molar-refractivity contribution in [3.8, 4) is 5.75 Å². The highest BCUT2D eigenvalue weighted by atomic mass is 32.2. The second-order valence-corrected chi connectivity index (χ2v) is 5.87. The summed E-state index contributed by atoms with van der Waals surface area (Å²) in [7, 11) is 0. The molecule has 0 unspecified atom stereocenters. The second-order valence-electron chi connectivity index (χ2n) is 4.68. The Hall–Kier alpha value is -2.88. The summed E-state index contributed by atoms with van der Waals surface area (Å²) < 4.78 is 0. The van der Waals surface area contributed by atoms with E-state index >= 15 is 0 Å². The lowest BCUT2D eigenvalue weighted by molar-refractivity contribution is -0.137. The Labute approximate surface area is 140 Å². The highest BCUT2D eigenvalue weighted by Crippen LogP contribution is 2.22. The number of carbonyl (C=O) groups is 3. The third-order valence-corrected chi connectivity index (χ3v) is 3.94. The number of hydrogen-bond donors (Lipinski definition) is 4. The summed E-state index contributed by atoms with van der Waals surface area (Å²) in [6.45, 7) is -0.496. The normalized spacial score (nSPS) is 18.8. The molecule has 1 aliphatic heterocycles. The number of aliphatic carboxylic acids is 1. The van der Waals surface area contributed by atoms with Crippen LogP contribution in [0.5, 0.6) is 5.75 Å². The molecule has 2 rings (SSSR count). The maximum atomic E-state index is 11.7. The minimum absolute atomic E-state index is 0.0533. The van der Waals surface area contributed by atoms with Crippen molar-refractivity contribution in [2.75, 3.05) is 6.54 Å². The number of phenols is 1. The first-order chi connectivity index (χ1) is 11.5. The van der Waals surface area contributed by atoms with E-state index < -0.39 is 29.6 Å². The molecule has 1 saturated heterocycles. The Morgan fingerprint density at radius 3 is 2.83 bits per heavy atom. The molecule has 9 nitrogen and oxygen atoms in total. The van der Waals surface area contributed by atoms with Crippen LogP contribution >= 0.6 is 11.8 Å². The Morgan fingerprint density at radius 2 is 2.12 bits per heavy atom. The van der Waals surface area contributed by atoms with Gasteiger partial charge in [-0.15, -0.1) is 5.10 Å². The van der Waals surface area contributed by atoms with Gasteiger partial charge in [0.25, 0.3) is 0 Å². The van der Waals surface area contributed by atoms with Crippen LogP contribution in [-0.2, 0) is 14.4 Å². The van der Waals surface area contributed by atoms with E-state index in [4.69, 9.17) is 5.11 Å². The number of thioether (sulfide) groups is 1. The van der Waals surface area contributed by atoms with E-state index in [-0.39, 0.29) is 17.3 Å². The monoisotopic (exact) mass is 350 g/mol. The Morgan fingerprint density at radius 1 is 1.38 bits per heavy atom. The molecular formula is C14H14N4O5S. The molecule has 0 bridgehead atoms. The number of carboxylic acid groups (broad SMARTS) is 1. The molecule has 24 heavy (non-hydrogen) atoms. The van der Waals surface area contributed by atoms with E-state index in [2.05, 4.69) is 20.8 Å². The van der Waals surface area contributed by atoms with Crippen LogP contribution in [0.15, 0.2) is 34.5 Å². The summed E-state index contributed by atoms with van der Waals surface area (Å²) in [4.78, 5) is 33.6. The van der Waals surface area contributed by atoms with E-state index in [1.165, 1.54) is 12.3 Å². The molecule has 2 amide bonds. The van der Waals surface area contributed by atoms with E-state index in [0.717, 1.165) is 11.8 Å². The van der Waals surface area contributed by atoms with Crippen LogP contribution in [0.1, 0.15) is 12.0 Å². The zero-order chi connectivity index (χ0) is 17.5. The predicted octanol–water partition coefficient (Wildman–Crippen LogP) is -0.0954. The van der Waals surface area contributed by atoms with Crippen molar-refractivity contribution < 1.29 is 24.6 Å². The molecule has 1 aromatic rings. The van der Waals surface area contributed by atoms with Crippen LogP contribution in [0.4, 0.5) is 0 Å². The number of nitrogens with one attached hydrogen (secondary N) is 2. The maximum absolute atomic E-state index is 11.7. The van der Waals surface area contributed by atoms with Gasteiger partial charge in [-0.25, -0.2) is 0 Å². The summed E-state index contributed by atoms with van der Waals surface area (Å²) in [5.74, 6) is -2.05. The lowest BCUT2D eigenvalue weighted by Gasteiger charge is -2.04. The highest BCUT2D eigenvalue weighted by Gasteiger charge is 2.32. The standard InChI is InChI=1S/C14H14N4O5S/c19-9-4-2-1-3-8(9)6-16-18-14-17-13(23)10(24-14)5-11(20)15-7-12(21)22/h1-4,6,10,19H,5,7H2,(H,15,20)(H,21,22)(H,17,18,23)/b16-6-/t10-/m0/s1. The van der Waals surface area contributed by atoms with Crippen molar-refractivity contribution in [3.63, 3.8) is 0 Å². The van der Waals surface area contributed by atoms with E-state index in [9.17, 15) is 19.5 Å². The molecule has 4 N–H and O–H groups in total. The SMILES string of the molecule is O=C(O)CNC(=O)C[C@@H]1S/C(=N\N=C/c2ccccc2O)NC1=O. The van der Waals surface area contributed by atoms with Gasteiger partial charge in [-0.1, -0.05) is 23.9 Å². The summed E-state index contributed by atoms with van der Waals surface area (Å²) >= 11 is 1.03. The van der Waals surface area contributed by atoms with Crippen molar-refractivity contribution in [1.29, 1.82) is 0 Å². The number of carbonyl (C=O) groups excluding carboxylic acids is 2. The Kier molecular flexibility index (Phi) is 5.90. The zero-order valence-electron chi connectivity index (χ0n) is 12.3. The number of nitrogens with zero attached hydrogens (tertiary/aromatic N) is 2. The van der Waals surface area contributed by atoms with Crippen molar-refractivity contribution in [3.05, 3.63) is 29.8 Å². The molecule has 1 fully saturated rings. The van der Waals surface area contributed by atoms with Gasteiger partial charge in [0, 0.05) is 12.0 Å². The molecule has 1 heterocycles. The van der Waals surface area contributed by atoms with E-state index in [1.54, 1.807) is 18.2 Å². The largest absolute Gasteiger partial charge is 0.507 e. The van der Waals surface area contributed by atoms with Crippen LogP contribution in [0.3, 0.4) is 0 Å². The molecule has 1 aromatic carbocycles. The number of amides is 2. The molecule has 0 saturated carbocycles. The molecule has 0 aliphatic carbocycles. The molecule has 0 radical (unpaired) electrons. The van der Waals surface area contributed by atoms with E-state index in [0.29, 0.717) is 5.56 Å². The van der Waals surface area contributed by atoms with Gasteiger partial charge in [0.15, 0.2) is 5.17 Å². The van der Waals surface area contributed by atoms with Gasteiger partial charge >= 0.3 is 5.97 Å². The van der Waals surface area contributed by atoms with Crippen molar-refractivity contribution in [1.82, 2.24) is 10.6 Å². The molecule has 1 atom stereocenters. The third kappa shape index (κ3) is 5.09. The van der Waals surface area contributed by atoms with Crippen molar-refractivity contribution in [2.24, 2.45) is 10.2 Å². The molecule has 0 aromatic heterocycles. The number of phenolic OH excluding ortho intramolecular Hbond substituents is 1. The van der Waals surface area contributed by atoms with Crippen LogP contribution in [-0.4, -0.2) is 51.2 Å². The Balaban J connectivity index is 1.90. The smallest absolute Gasteiger partial charge is 0.322 e. The fourth-order valence-corrected chi connectivity index (χ4v) is 2.67. The number of rotatable bonds is 6. The average Bonchev–Trinajstić information content (AvgIpc) is 2.87. The highest BCUT2D eigenvalue weighted by molar-refractivity contribution is 8.15. The topological polar surface area (TPSA) is 140 Å². The van der Waals surface area contributed by atoms with Gasteiger partial charge in [0.05, 0.1) is 6.21 Å². The van der Waals surface area contributed by atoms with Gasteiger partial charge in [0.1, 0.15) is 17.5 Å². The molecule has 126 valence electrons. The summed E-state index contributed by atoms with van der Waals surface area (Å²) in [5, 5.41) is 29.8. The summed E-state index contributed by atoms with van der Waals surface area (Å²) in [6, 6.07) is 6.55. The van der Waals surface area contributed by atoms with Gasteiger partial charge in [-0.2, -0.15) is 5.10 Å². The third-order valence-electron chi connectivity index (χ3n) is 2.87. The minimum Gasteiger partial charge on any atom is -0.507 e. The molecular weight excluding hydrogens is 336 g/mol. The van der Waals surface area contributed by atoms with Crippen molar-refractivity contribution in [2.45, 2.75) is 11.7 Å². The van der Waals surface area contributed by atoms with Gasteiger partial charge in [0.2, 0.25) is 11.8 Å². The number of hydrogen-bond acceptors (Lipinski definition) is 7. The number of carboxylic acids is 1. The lowest BCUT2D eigenvalue weighted by atomic mass is 10.2. The molecule has 10 heteroatoms. The number of amidine groups is 1. The van der Waals surface area contributed by atoms with E-state index in [1.807, 2.05) is 0 Å². The van der Waals surface area contributed by atoms with Crippen LogP contribution in [0.25, 0.3) is 0 Å². The molecule has 0 spiro atoms. The quantitative estimate of drug-likeness (QED) is 0.417. The van der Waals surface area contributed by atoms with Gasteiger partial charge in [-0.05, 0) is 12.1 Å². The van der Waals surface area contributed by atoms with Gasteiger partial charge < -0.3 is 20.8 Å². The molecule has 1 aliphatic rings. The lowest BCUT2D eigenvalue weighted by Crippen LogP contribution is -2.33. The number of aromatic hydroxyl groups is 1. The van der Waals surface area contributed by atoms with Crippen LogP contribution in [0.2, 0.25) is 0 Å². The summed E-state index contributed by atoms with van der Waals surface area (Å²) in [5.41, 5.74) is 0.473. The van der Waals surface area contributed by atoms with Gasteiger partial charge in [-0.3, -0.25) is 14.4 Å². The first-order valence-corrected chi connectivity index (χ1v) is 7.68. The minimum atomic E-state index is -1.16. The number of benzene rings is 1. The van der Waals surface area contributed by atoms with Crippen molar-refractivity contribution >= 4 is 40.9 Å². The number of para-hydroxylation sites is 1. The predicted molar refractivity (Wildman–Crippen MR) is 87.9 cm³/mol. The first kappa shape index (κ1) is 17.5.